The number of methoxy groups -OCH3 is 1. The van der Waals surface area contributed by atoms with Crippen LogP contribution in [0, 0.1) is 12.7 Å². The molecule has 0 bridgehead atoms. The van der Waals surface area contributed by atoms with Crippen molar-refractivity contribution in [2.75, 3.05) is 33.5 Å². The lowest BCUT2D eigenvalue weighted by Gasteiger charge is -2.23. The van der Waals surface area contributed by atoms with Crippen LogP contribution in [0.15, 0.2) is 48.7 Å². The molecule has 7 heteroatoms. The van der Waals surface area contributed by atoms with Gasteiger partial charge in [-0.1, -0.05) is 18.2 Å². The van der Waals surface area contributed by atoms with E-state index in [9.17, 15) is 4.39 Å². The maximum absolute atomic E-state index is 14.4. The molecule has 0 spiro atoms. The molecule has 1 aliphatic rings. The second kappa shape index (κ2) is 9.38. The van der Waals surface area contributed by atoms with Crippen molar-refractivity contribution in [2.45, 2.75) is 19.6 Å². The van der Waals surface area contributed by atoms with Gasteiger partial charge in [-0.2, -0.15) is 5.10 Å². The third-order valence-corrected chi connectivity index (χ3v) is 5.15. The minimum Gasteiger partial charge on any atom is -0.494 e. The van der Waals surface area contributed by atoms with Gasteiger partial charge < -0.3 is 19.5 Å². The van der Waals surface area contributed by atoms with Crippen LogP contribution in [0.1, 0.15) is 11.1 Å². The SMILES string of the molecule is COc1ccc(-c2nn(-c3ccccc3C)cc2CNC[C@@H]2COCCO2)cc1F. The molecule has 0 aliphatic carbocycles. The first-order valence-electron chi connectivity index (χ1n) is 10.0. The van der Waals surface area contributed by atoms with Gasteiger partial charge >= 0.3 is 0 Å². The third kappa shape index (κ3) is 4.53. The van der Waals surface area contributed by atoms with Crippen LogP contribution in [0.5, 0.6) is 5.75 Å². The lowest BCUT2D eigenvalue weighted by Crippen LogP contribution is -2.37. The zero-order valence-electron chi connectivity index (χ0n) is 17.2. The number of halogens is 1. The van der Waals surface area contributed by atoms with Crippen molar-refractivity contribution in [3.63, 3.8) is 0 Å². The zero-order valence-corrected chi connectivity index (χ0v) is 17.2. The number of hydrogen-bond acceptors (Lipinski definition) is 5. The Labute approximate surface area is 175 Å². The smallest absolute Gasteiger partial charge is 0.165 e. The van der Waals surface area contributed by atoms with Gasteiger partial charge in [0.05, 0.1) is 44.4 Å². The molecule has 0 amide bonds. The summed E-state index contributed by atoms with van der Waals surface area (Å²) in [5, 5.41) is 8.21. The van der Waals surface area contributed by atoms with Crippen molar-refractivity contribution >= 4 is 0 Å². The number of nitrogens with zero attached hydrogens (tertiary/aromatic N) is 2. The molecule has 2 heterocycles. The minimum atomic E-state index is -0.410. The Bertz CT molecular complexity index is 999. The molecule has 0 radical (unpaired) electrons. The first-order valence-corrected chi connectivity index (χ1v) is 10.0. The Kier molecular flexibility index (Phi) is 6.42. The maximum atomic E-state index is 14.4. The average molecular weight is 411 g/mol. The van der Waals surface area contributed by atoms with Crippen molar-refractivity contribution in [1.82, 2.24) is 15.1 Å². The van der Waals surface area contributed by atoms with E-state index in [2.05, 4.69) is 5.32 Å². The number of hydrogen-bond donors (Lipinski definition) is 1. The lowest BCUT2D eigenvalue weighted by atomic mass is 10.1. The summed E-state index contributed by atoms with van der Waals surface area (Å²) in [6, 6.07) is 13.0. The van der Waals surface area contributed by atoms with Gasteiger partial charge in [-0.25, -0.2) is 9.07 Å². The topological polar surface area (TPSA) is 57.5 Å². The molecule has 6 nitrogen and oxygen atoms in total. The molecule has 3 aromatic rings. The molecule has 1 fully saturated rings. The summed E-state index contributed by atoms with van der Waals surface area (Å²) in [6.07, 6.45) is 2.03. The number of benzene rings is 2. The Balaban J connectivity index is 1.62. The molecular formula is C23H26FN3O3. The van der Waals surface area contributed by atoms with Crippen LogP contribution in [-0.4, -0.2) is 49.4 Å². The summed E-state index contributed by atoms with van der Waals surface area (Å²) in [7, 11) is 1.46. The molecule has 1 aromatic heterocycles. The van der Waals surface area contributed by atoms with Gasteiger partial charge in [0.1, 0.15) is 0 Å². The highest BCUT2D eigenvalue weighted by Gasteiger charge is 2.17. The molecule has 1 aliphatic heterocycles. The van der Waals surface area contributed by atoms with Crippen molar-refractivity contribution in [3.05, 3.63) is 65.6 Å². The van der Waals surface area contributed by atoms with Crippen LogP contribution in [0.3, 0.4) is 0 Å². The van der Waals surface area contributed by atoms with Crippen molar-refractivity contribution < 1.29 is 18.6 Å². The average Bonchev–Trinajstić information content (AvgIpc) is 3.18. The van der Waals surface area contributed by atoms with Gasteiger partial charge in [0, 0.05) is 30.4 Å². The minimum absolute atomic E-state index is 0.0343. The molecular weight excluding hydrogens is 385 g/mol. The third-order valence-electron chi connectivity index (χ3n) is 5.15. The number of ether oxygens (including phenoxy) is 3. The highest BCUT2D eigenvalue weighted by molar-refractivity contribution is 5.64. The van der Waals surface area contributed by atoms with Gasteiger partial charge in [-0.3, -0.25) is 0 Å². The Hall–Kier alpha value is -2.74. The van der Waals surface area contributed by atoms with Crippen molar-refractivity contribution in [1.29, 1.82) is 0 Å². The first kappa shape index (κ1) is 20.5. The van der Waals surface area contributed by atoms with Gasteiger partial charge in [-0.05, 0) is 36.8 Å². The van der Waals surface area contributed by atoms with Crippen LogP contribution in [0.2, 0.25) is 0 Å². The fourth-order valence-corrected chi connectivity index (χ4v) is 3.56. The highest BCUT2D eigenvalue weighted by Crippen LogP contribution is 2.28. The highest BCUT2D eigenvalue weighted by atomic mass is 19.1. The van der Waals surface area contributed by atoms with E-state index in [0.29, 0.717) is 38.5 Å². The van der Waals surface area contributed by atoms with E-state index in [-0.39, 0.29) is 11.9 Å². The van der Waals surface area contributed by atoms with Crippen LogP contribution >= 0.6 is 0 Å². The Morgan fingerprint density at radius 3 is 2.83 bits per heavy atom. The molecule has 2 aromatic carbocycles. The quantitative estimate of drug-likeness (QED) is 0.645. The van der Waals surface area contributed by atoms with Crippen LogP contribution in [0.4, 0.5) is 4.39 Å². The van der Waals surface area contributed by atoms with E-state index < -0.39 is 5.82 Å². The van der Waals surface area contributed by atoms with E-state index in [4.69, 9.17) is 19.3 Å². The standard InChI is InChI=1S/C23H26FN3O3/c1-16-5-3-4-6-21(16)27-14-18(12-25-13-19-15-29-9-10-30-19)23(26-27)17-7-8-22(28-2)20(24)11-17/h3-8,11,14,19,25H,9-10,12-13,15H2,1-2H3/t19-/m1/s1. The summed E-state index contributed by atoms with van der Waals surface area (Å²) in [4.78, 5) is 0. The number of rotatable bonds is 7. The monoisotopic (exact) mass is 411 g/mol. The van der Waals surface area contributed by atoms with E-state index in [0.717, 1.165) is 22.5 Å². The Morgan fingerprint density at radius 2 is 2.10 bits per heavy atom. The van der Waals surface area contributed by atoms with E-state index in [1.807, 2.05) is 48.1 Å². The molecule has 1 saturated heterocycles. The van der Waals surface area contributed by atoms with Crippen LogP contribution < -0.4 is 10.1 Å². The van der Waals surface area contributed by atoms with E-state index in [1.165, 1.54) is 13.2 Å². The lowest BCUT2D eigenvalue weighted by molar-refractivity contribution is -0.0864. The second-order valence-electron chi connectivity index (χ2n) is 7.28. The number of nitrogens with one attached hydrogen (secondary N) is 1. The van der Waals surface area contributed by atoms with Crippen molar-refractivity contribution in [2.24, 2.45) is 0 Å². The molecule has 1 atom stereocenters. The summed E-state index contributed by atoms with van der Waals surface area (Å²) in [6.45, 7) is 5.15. The number of aryl methyl sites for hydroxylation is 1. The normalized spacial score (nSPS) is 16.6. The van der Waals surface area contributed by atoms with Crippen molar-refractivity contribution in [3.8, 4) is 22.7 Å². The predicted molar refractivity (Wildman–Crippen MR) is 113 cm³/mol. The fourth-order valence-electron chi connectivity index (χ4n) is 3.56. The molecule has 0 unspecified atom stereocenters. The summed E-state index contributed by atoms with van der Waals surface area (Å²) in [5.41, 5.74) is 4.50. The molecule has 158 valence electrons. The second-order valence-corrected chi connectivity index (χ2v) is 7.28. The summed E-state index contributed by atoms with van der Waals surface area (Å²) < 4.78 is 32.4. The first-order chi connectivity index (χ1) is 14.7. The number of aromatic nitrogens is 2. The molecule has 4 rings (SSSR count). The van der Waals surface area contributed by atoms with Crippen LogP contribution in [0.25, 0.3) is 16.9 Å². The molecule has 1 N–H and O–H groups in total. The Morgan fingerprint density at radius 1 is 1.23 bits per heavy atom. The summed E-state index contributed by atoms with van der Waals surface area (Å²) >= 11 is 0. The molecule has 30 heavy (non-hydrogen) atoms. The number of para-hydroxylation sites is 1. The van der Waals surface area contributed by atoms with E-state index >= 15 is 0 Å². The van der Waals surface area contributed by atoms with Gasteiger partial charge in [0.25, 0.3) is 0 Å². The predicted octanol–water partition coefficient (Wildman–Crippen LogP) is 3.50. The van der Waals surface area contributed by atoms with Gasteiger partial charge in [-0.15, -0.1) is 0 Å². The zero-order chi connectivity index (χ0) is 20.9. The van der Waals surface area contributed by atoms with Gasteiger partial charge in [0.15, 0.2) is 11.6 Å². The molecule has 0 saturated carbocycles. The summed E-state index contributed by atoms with van der Waals surface area (Å²) in [5.74, 6) is -0.196. The van der Waals surface area contributed by atoms with Crippen LogP contribution in [-0.2, 0) is 16.0 Å². The maximum Gasteiger partial charge on any atom is 0.165 e. The van der Waals surface area contributed by atoms with Gasteiger partial charge in [0.2, 0.25) is 0 Å². The fraction of sp³-hybridized carbons (Fsp3) is 0.348. The largest absolute Gasteiger partial charge is 0.494 e. The van der Waals surface area contributed by atoms with E-state index in [1.54, 1.807) is 6.07 Å².